The highest BCUT2D eigenvalue weighted by Gasteiger charge is 2.20. The Kier molecular flexibility index (Phi) is 6.17. The topological polar surface area (TPSA) is 109 Å². The van der Waals surface area contributed by atoms with Crippen molar-refractivity contribution in [2.75, 3.05) is 18.5 Å². The van der Waals surface area contributed by atoms with E-state index in [9.17, 15) is 0 Å². The predicted octanol–water partition coefficient (Wildman–Crippen LogP) is 4.33. The molecule has 1 atom stereocenters. The summed E-state index contributed by atoms with van der Waals surface area (Å²) in [4.78, 5) is 18.2. The van der Waals surface area contributed by atoms with Gasteiger partial charge in [0, 0.05) is 49.3 Å². The van der Waals surface area contributed by atoms with Gasteiger partial charge in [-0.1, -0.05) is 0 Å². The molecule has 1 N–H and O–H groups in total. The molecule has 10 heteroatoms. The van der Waals surface area contributed by atoms with Gasteiger partial charge in [0.15, 0.2) is 5.82 Å². The molecule has 4 aromatic heterocycles. The van der Waals surface area contributed by atoms with Crippen LogP contribution in [-0.4, -0.2) is 49.0 Å². The Balaban J connectivity index is 1.59. The normalized spacial score (nSPS) is 15.1. The van der Waals surface area contributed by atoms with Crippen LogP contribution in [0.5, 0.6) is 17.5 Å². The molecule has 5 rings (SSSR count). The Morgan fingerprint density at radius 1 is 1.09 bits per heavy atom. The quantitative estimate of drug-likeness (QED) is 0.465. The molecule has 0 aliphatic carbocycles. The minimum atomic E-state index is -0.133. The van der Waals surface area contributed by atoms with Crippen LogP contribution in [0.25, 0.3) is 22.5 Å². The lowest BCUT2D eigenvalue weighted by Crippen LogP contribution is -2.17. The maximum absolute atomic E-state index is 6.41. The monoisotopic (exact) mass is 473 g/mol. The molecule has 4 bridgehead atoms. The number of nitrogens with zero attached hydrogens (tertiary/aromatic N) is 6. The smallest absolute Gasteiger partial charge is 0.222 e. The van der Waals surface area contributed by atoms with Gasteiger partial charge in [0.1, 0.15) is 22.9 Å². The van der Waals surface area contributed by atoms with Gasteiger partial charge in [0.2, 0.25) is 11.8 Å². The molecule has 4 aromatic rings. The highest BCUT2D eigenvalue weighted by atomic mass is 16.5. The van der Waals surface area contributed by atoms with Gasteiger partial charge in [-0.15, -0.1) is 0 Å². The number of nitrogens with one attached hydrogen (secondary N) is 1. The van der Waals surface area contributed by atoms with Gasteiger partial charge in [-0.3, -0.25) is 0 Å². The standard InChI is InChI=1S/C25H27N7O3/c1-5-33-24-17(10-15(2)12-28-24)18-13-27-22-11-20(18)35-16(3)7-9-34-25-19(14-29-32(25)4)23-26-8-6-21(30-22)31-23/h6,8,10-14,16H,5,7,9H2,1-4H3,(H,26,27,30,31)/t16-/m0/s1. The second-order valence-corrected chi connectivity index (χ2v) is 8.31. The SMILES string of the molecule is CCOc1ncc(C)cc1-c1cnc2cc1O[C@@H](C)CCOc1c(cnn1C)-c1nccc(n1)N2. The Bertz CT molecular complexity index is 1350. The number of hydrogen-bond acceptors (Lipinski definition) is 9. The molecule has 0 unspecified atom stereocenters. The Morgan fingerprint density at radius 2 is 1.97 bits per heavy atom. The third-order valence-corrected chi connectivity index (χ3v) is 5.55. The van der Waals surface area contributed by atoms with Crippen LogP contribution in [0.3, 0.4) is 0 Å². The molecule has 1 aliphatic heterocycles. The van der Waals surface area contributed by atoms with Crippen molar-refractivity contribution < 1.29 is 14.2 Å². The van der Waals surface area contributed by atoms with Gasteiger partial charge < -0.3 is 19.5 Å². The van der Waals surface area contributed by atoms with E-state index in [0.29, 0.717) is 54.6 Å². The van der Waals surface area contributed by atoms with Crippen molar-refractivity contribution in [2.45, 2.75) is 33.3 Å². The van der Waals surface area contributed by atoms with Crippen molar-refractivity contribution in [1.29, 1.82) is 0 Å². The van der Waals surface area contributed by atoms with Crippen LogP contribution < -0.4 is 19.5 Å². The summed E-state index contributed by atoms with van der Waals surface area (Å²) in [6, 6.07) is 5.68. The fraction of sp³-hybridized carbons (Fsp3) is 0.320. The molecule has 0 spiro atoms. The van der Waals surface area contributed by atoms with Gasteiger partial charge in [0.05, 0.1) is 25.5 Å². The highest BCUT2D eigenvalue weighted by molar-refractivity contribution is 5.76. The molecule has 0 aromatic carbocycles. The lowest BCUT2D eigenvalue weighted by molar-refractivity contribution is 0.173. The summed E-state index contributed by atoms with van der Waals surface area (Å²) in [5.74, 6) is 3.52. The number of fused-ring (bicyclic) bond motifs is 6. The number of ether oxygens (including phenoxy) is 3. The average Bonchev–Trinajstić information content (AvgIpc) is 3.21. The lowest BCUT2D eigenvalue weighted by atomic mass is 10.1. The molecule has 0 amide bonds. The van der Waals surface area contributed by atoms with Crippen molar-refractivity contribution in [3.05, 3.63) is 48.5 Å². The molecule has 5 heterocycles. The molecule has 0 saturated carbocycles. The van der Waals surface area contributed by atoms with E-state index in [-0.39, 0.29) is 6.10 Å². The molecule has 35 heavy (non-hydrogen) atoms. The van der Waals surface area contributed by atoms with Crippen LogP contribution in [0, 0.1) is 6.92 Å². The van der Waals surface area contributed by atoms with Crippen molar-refractivity contribution >= 4 is 11.6 Å². The van der Waals surface area contributed by atoms with E-state index in [0.717, 1.165) is 22.3 Å². The molecule has 0 saturated heterocycles. The molecule has 0 radical (unpaired) electrons. The van der Waals surface area contributed by atoms with Crippen LogP contribution >= 0.6 is 0 Å². The van der Waals surface area contributed by atoms with Crippen LogP contribution in [0.2, 0.25) is 0 Å². The third kappa shape index (κ3) is 4.72. The third-order valence-electron chi connectivity index (χ3n) is 5.55. The number of anilines is 2. The minimum Gasteiger partial charge on any atom is -0.490 e. The number of hydrogen-bond donors (Lipinski definition) is 1. The van der Waals surface area contributed by atoms with E-state index < -0.39 is 0 Å². The summed E-state index contributed by atoms with van der Waals surface area (Å²) in [5.41, 5.74) is 3.36. The van der Waals surface area contributed by atoms with E-state index in [1.54, 1.807) is 35.5 Å². The fourth-order valence-electron chi connectivity index (χ4n) is 3.84. The maximum Gasteiger partial charge on any atom is 0.222 e. The van der Waals surface area contributed by atoms with Gasteiger partial charge in [-0.2, -0.15) is 5.10 Å². The predicted molar refractivity (Wildman–Crippen MR) is 131 cm³/mol. The van der Waals surface area contributed by atoms with Crippen molar-refractivity contribution in [1.82, 2.24) is 29.7 Å². The van der Waals surface area contributed by atoms with E-state index in [4.69, 9.17) is 14.2 Å². The van der Waals surface area contributed by atoms with E-state index in [1.165, 1.54) is 0 Å². The second-order valence-electron chi connectivity index (χ2n) is 8.31. The van der Waals surface area contributed by atoms with Gasteiger partial charge in [0.25, 0.3) is 0 Å². The average molecular weight is 474 g/mol. The van der Waals surface area contributed by atoms with Crippen LogP contribution in [0.15, 0.2) is 43.0 Å². The first kappa shape index (κ1) is 22.6. The molecular formula is C25H27N7O3. The van der Waals surface area contributed by atoms with Gasteiger partial charge >= 0.3 is 0 Å². The van der Waals surface area contributed by atoms with Crippen molar-refractivity contribution in [3.8, 4) is 40.0 Å². The molecule has 0 fully saturated rings. The van der Waals surface area contributed by atoms with E-state index in [1.807, 2.05) is 40.0 Å². The summed E-state index contributed by atoms with van der Waals surface area (Å²) in [6.07, 6.45) is 7.47. The van der Waals surface area contributed by atoms with Crippen molar-refractivity contribution in [2.24, 2.45) is 7.05 Å². The lowest BCUT2D eigenvalue weighted by Gasteiger charge is -2.20. The summed E-state index contributed by atoms with van der Waals surface area (Å²) in [5, 5.41) is 7.59. The summed E-state index contributed by atoms with van der Waals surface area (Å²) < 4.78 is 20.0. The Morgan fingerprint density at radius 3 is 2.83 bits per heavy atom. The second kappa shape index (κ2) is 9.57. The van der Waals surface area contributed by atoms with Crippen LogP contribution in [-0.2, 0) is 7.05 Å². The van der Waals surface area contributed by atoms with Crippen LogP contribution in [0.1, 0.15) is 25.8 Å². The van der Waals surface area contributed by atoms with E-state index >= 15 is 0 Å². The highest BCUT2D eigenvalue weighted by Crippen LogP contribution is 2.38. The molecule has 10 nitrogen and oxygen atoms in total. The minimum absolute atomic E-state index is 0.133. The summed E-state index contributed by atoms with van der Waals surface area (Å²) in [6.45, 7) is 6.89. The number of rotatable bonds is 3. The number of aryl methyl sites for hydroxylation is 2. The maximum atomic E-state index is 6.41. The molecule has 1 aliphatic rings. The summed E-state index contributed by atoms with van der Waals surface area (Å²) >= 11 is 0. The molecular weight excluding hydrogens is 446 g/mol. The summed E-state index contributed by atoms with van der Waals surface area (Å²) in [7, 11) is 1.83. The molecule has 180 valence electrons. The zero-order chi connectivity index (χ0) is 24.4. The van der Waals surface area contributed by atoms with Gasteiger partial charge in [-0.05, 0) is 38.5 Å². The van der Waals surface area contributed by atoms with Crippen molar-refractivity contribution in [3.63, 3.8) is 0 Å². The van der Waals surface area contributed by atoms with E-state index in [2.05, 4.69) is 30.4 Å². The number of aromatic nitrogens is 6. The number of pyridine rings is 2. The first-order valence-electron chi connectivity index (χ1n) is 11.5. The van der Waals surface area contributed by atoms with Crippen LogP contribution in [0.4, 0.5) is 11.6 Å². The zero-order valence-corrected chi connectivity index (χ0v) is 20.1. The largest absolute Gasteiger partial charge is 0.490 e. The Labute approximate surface area is 203 Å². The first-order valence-corrected chi connectivity index (χ1v) is 11.5. The first-order chi connectivity index (χ1) is 17.0. The zero-order valence-electron chi connectivity index (χ0n) is 20.1. The van der Waals surface area contributed by atoms with Gasteiger partial charge in [-0.25, -0.2) is 24.6 Å². The fourth-order valence-corrected chi connectivity index (χ4v) is 3.84. The Hall–Kier alpha value is -4.21.